The fourth-order valence-electron chi connectivity index (χ4n) is 2.25. The zero-order valence-electron chi connectivity index (χ0n) is 9.82. The summed E-state index contributed by atoms with van der Waals surface area (Å²) in [7, 11) is 1.97. The Morgan fingerprint density at radius 3 is 2.67 bits per heavy atom. The van der Waals surface area contributed by atoms with Gasteiger partial charge in [0.2, 0.25) is 0 Å². The standard InChI is InChI=1S/C15H11ClFN/c1-18-14-6-5-12(16)7-11(14)9-15(18)10-3-2-4-13(17)8-10/h2-9H,1H3. The Balaban J connectivity index is 2.27. The van der Waals surface area contributed by atoms with Crippen LogP contribution in [0.5, 0.6) is 0 Å². The van der Waals surface area contributed by atoms with Crippen LogP contribution in [0.3, 0.4) is 0 Å². The van der Waals surface area contributed by atoms with Gasteiger partial charge >= 0.3 is 0 Å². The number of benzene rings is 2. The van der Waals surface area contributed by atoms with Gasteiger partial charge in [0.05, 0.1) is 0 Å². The molecular formula is C15H11ClFN. The lowest BCUT2D eigenvalue weighted by molar-refractivity contribution is 0.628. The van der Waals surface area contributed by atoms with Crippen molar-refractivity contribution in [1.82, 2.24) is 4.57 Å². The van der Waals surface area contributed by atoms with E-state index in [-0.39, 0.29) is 5.82 Å². The number of rotatable bonds is 1. The van der Waals surface area contributed by atoms with Crippen molar-refractivity contribution in [3.63, 3.8) is 0 Å². The summed E-state index contributed by atoms with van der Waals surface area (Å²) in [6.45, 7) is 0. The molecule has 3 heteroatoms. The highest BCUT2D eigenvalue weighted by Crippen LogP contribution is 2.29. The molecule has 0 spiro atoms. The molecule has 0 N–H and O–H groups in total. The normalized spacial score (nSPS) is 11.1. The number of aromatic nitrogens is 1. The SMILES string of the molecule is Cn1c(-c2cccc(F)c2)cc2cc(Cl)ccc21. The first-order valence-corrected chi connectivity index (χ1v) is 6.04. The van der Waals surface area contributed by atoms with Crippen LogP contribution >= 0.6 is 11.6 Å². The molecule has 0 fully saturated rings. The van der Waals surface area contributed by atoms with E-state index in [0.717, 1.165) is 22.2 Å². The van der Waals surface area contributed by atoms with Gasteiger partial charge in [0.1, 0.15) is 5.82 Å². The van der Waals surface area contributed by atoms with Crippen LogP contribution in [0.25, 0.3) is 22.2 Å². The highest BCUT2D eigenvalue weighted by atomic mass is 35.5. The second-order valence-corrected chi connectivity index (χ2v) is 4.74. The molecule has 3 rings (SSSR count). The molecule has 90 valence electrons. The Morgan fingerprint density at radius 2 is 1.89 bits per heavy atom. The van der Waals surface area contributed by atoms with E-state index in [1.54, 1.807) is 6.07 Å². The average molecular weight is 260 g/mol. The van der Waals surface area contributed by atoms with Gasteiger partial charge in [-0.2, -0.15) is 0 Å². The molecular weight excluding hydrogens is 249 g/mol. The zero-order valence-corrected chi connectivity index (χ0v) is 10.6. The molecule has 0 saturated carbocycles. The largest absolute Gasteiger partial charge is 0.344 e. The lowest BCUT2D eigenvalue weighted by Crippen LogP contribution is -1.91. The molecule has 0 atom stereocenters. The molecule has 0 bridgehead atoms. The molecule has 0 aliphatic carbocycles. The minimum atomic E-state index is -0.226. The van der Waals surface area contributed by atoms with Crippen LogP contribution in [0, 0.1) is 5.82 Å². The first kappa shape index (κ1) is 11.3. The molecule has 2 aromatic carbocycles. The number of fused-ring (bicyclic) bond motifs is 1. The summed E-state index contributed by atoms with van der Waals surface area (Å²) in [4.78, 5) is 0. The Kier molecular flexibility index (Phi) is 2.60. The lowest BCUT2D eigenvalue weighted by atomic mass is 10.1. The van der Waals surface area contributed by atoms with Crippen molar-refractivity contribution in [3.05, 3.63) is 59.4 Å². The third-order valence-corrected chi connectivity index (χ3v) is 3.36. The van der Waals surface area contributed by atoms with Crippen molar-refractivity contribution in [2.45, 2.75) is 0 Å². The van der Waals surface area contributed by atoms with E-state index < -0.39 is 0 Å². The third-order valence-electron chi connectivity index (χ3n) is 3.12. The van der Waals surface area contributed by atoms with Gasteiger partial charge in [-0.05, 0) is 36.4 Å². The predicted octanol–water partition coefficient (Wildman–Crippen LogP) is 4.64. The number of hydrogen-bond acceptors (Lipinski definition) is 0. The van der Waals surface area contributed by atoms with Crippen LogP contribution in [0.1, 0.15) is 0 Å². The highest BCUT2D eigenvalue weighted by Gasteiger charge is 2.08. The second-order valence-electron chi connectivity index (χ2n) is 4.30. The van der Waals surface area contributed by atoms with Crippen LogP contribution in [-0.4, -0.2) is 4.57 Å². The molecule has 1 nitrogen and oxygen atoms in total. The fraction of sp³-hybridized carbons (Fsp3) is 0.0667. The van der Waals surface area contributed by atoms with Crippen LogP contribution in [0.15, 0.2) is 48.5 Å². The Morgan fingerprint density at radius 1 is 1.06 bits per heavy atom. The van der Waals surface area contributed by atoms with Crippen LogP contribution in [-0.2, 0) is 7.05 Å². The Bertz CT molecular complexity index is 730. The highest BCUT2D eigenvalue weighted by molar-refractivity contribution is 6.31. The molecule has 3 aromatic rings. The summed E-state index contributed by atoms with van der Waals surface area (Å²) in [5, 5.41) is 1.77. The van der Waals surface area contributed by atoms with Gasteiger partial charge < -0.3 is 4.57 Å². The fourth-order valence-corrected chi connectivity index (χ4v) is 2.43. The summed E-state index contributed by atoms with van der Waals surface area (Å²) < 4.78 is 15.3. The van der Waals surface area contributed by atoms with E-state index in [9.17, 15) is 4.39 Å². The number of hydrogen-bond donors (Lipinski definition) is 0. The average Bonchev–Trinajstić information content (AvgIpc) is 2.66. The smallest absolute Gasteiger partial charge is 0.123 e. The maximum atomic E-state index is 13.3. The van der Waals surface area contributed by atoms with Gasteiger partial charge in [0.25, 0.3) is 0 Å². The minimum absolute atomic E-state index is 0.226. The van der Waals surface area contributed by atoms with E-state index in [1.165, 1.54) is 12.1 Å². The van der Waals surface area contributed by atoms with Crippen molar-refractivity contribution in [2.24, 2.45) is 7.05 Å². The van der Waals surface area contributed by atoms with Crippen molar-refractivity contribution in [1.29, 1.82) is 0 Å². The van der Waals surface area contributed by atoms with E-state index in [2.05, 4.69) is 0 Å². The molecule has 0 unspecified atom stereocenters. The van der Waals surface area contributed by atoms with Gasteiger partial charge in [-0.15, -0.1) is 0 Å². The number of halogens is 2. The van der Waals surface area contributed by atoms with Gasteiger partial charge in [-0.25, -0.2) is 4.39 Å². The first-order chi connectivity index (χ1) is 8.65. The number of nitrogens with zero attached hydrogens (tertiary/aromatic N) is 1. The predicted molar refractivity (Wildman–Crippen MR) is 73.3 cm³/mol. The topological polar surface area (TPSA) is 4.93 Å². The molecule has 1 heterocycles. The molecule has 1 aromatic heterocycles. The molecule has 0 aliphatic rings. The van der Waals surface area contributed by atoms with Crippen molar-refractivity contribution in [2.75, 3.05) is 0 Å². The Hall–Kier alpha value is -1.80. The van der Waals surface area contributed by atoms with E-state index in [0.29, 0.717) is 5.02 Å². The maximum absolute atomic E-state index is 13.3. The molecule has 18 heavy (non-hydrogen) atoms. The van der Waals surface area contributed by atoms with Crippen molar-refractivity contribution in [3.8, 4) is 11.3 Å². The molecule has 0 amide bonds. The summed E-state index contributed by atoms with van der Waals surface area (Å²) in [5.74, 6) is -0.226. The van der Waals surface area contributed by atoms with Crippen LogP contribution in [0.4, 0.5) is 4.39 Å². The van der Waals surface area contributed by atoms with E-state index in [1.807, 2.05) is 41.9 Å². The first-order valence-electron chi connectivity index (χ1n) is 5.66. The second kappa shape index (κ2) is 4.14. The van der Waals surface area contributed by atoms with Crippen LogP contribution < -0.4 is 0 Å². The summed E-state index contributed by atoms with van der Waals surface area (Å²) in [6, 6.07) is 14.4. The molecule has 0 radical (unpaired) electrons. The number of aryl methyl sites for hydroxylation is 1. The van der Waals surface area contributed by atoms with Crippen molar-refractivity contribution >= 4 is 22.5 Å². The molecule has 0 aliphatic heterocycles. The van der Waals surface area contributed by atoms with E-state index >= 15 is 0 Å². The van der Waals surface area contributed by atoms with Crippen molar-refractivity contribution < 1.29 is 4.39 Å². The third kappa shape index (κ3) is 1.79. The summed E-state index contributed by atoms with van der Waals surface area (Å²) in [6.07, 6.45) is 0. The van der Waals surface area contributed by atoms with Gasteiger partial charge in [-0.3, -0.25) is 0 Å². The van der Waals surface area contributed by atoms with Gasteiger partial charge in [0, 0.05) is 34.2 Å². The van der Waals surface area contributed by atoms with Gasteiger partial charge in [0.15, 0.2) is 0 Å². The lowest BCUT2D eigenvalue weighted by Gasteiger charge is -2.04. The monoisotopic (exact) mass is 259 g/mol. The molecule has 0 saturated heterocycles. The summed E-state index contributed by atoms with van der Waals surface area (Å²) in [5.41, 5.74) is 2.93. The maximum Gasteiger partial charge on any atom is 0.123 e. The summed E-state index contributed by atoms with van der Waals surface area (Å²) >= 11 is 5.98. The Labute approximate surface area is 109 Å². The quantitative estimate of drug-likeness (QED) is 0.600. The van der Waals surface area contributed by atoms with Crippen LogP contribution in [0.2, 0.25) is 5.02 Å². The van der Waals surface area contributed by atoms with E-state index in [4.69, 9.17) is 11.6 Å². The van der Waals surface area contributed by atoms with Gasteiger partial charge in [-0.1, -0.05) is 23.7 Å². The zero-order chi connectivity index (χ0) is 12.7. The minimum Gasteiger partial charge on any atom is -0.344 e.